The molecule has 0 spiro atoms. The maximum Gasteiger partial charge on any atom is 0.0897 e. The van der Waals surface area contributed by atoms with Crippen molar-refractivity contribution in [3.63, 3.8) is 0 Å². The fourth-order valence-electron chi connectivity index (χ4n) is 4.17. The van der Waals surface area contributed by atoms with E-state index in [-0.39, 0.29) is 11.7 Å². The van der Waals surface area contributed by atoms with Crippen molar-refractivity contribution in [1.82, 2.24) is 0 Å². The Balaban J connectivity index is 1.92. The average molecular weight is 310 g/mol. The van der Waals surface area contributed by atoms with Crippen LogP contribution in [0, 0.1) is 18.8 Å². The first-order valence-corrected chi connectivity index (χ1v) is 8.94. The van der Waals surface area contributed by atoms with Gasteiger partial charge in [-0.05, 0) is 64.9 Å². The van der Waals surface area contributed by atoms with Gasteiger partial charge in [-0.3, -0.25) is 0 Å². The van der Waals surface area contributed by atoms with Gasteiger partial charge >= 0.3 is 0 Å². The number of hydrogen-bond acceptors (Lipinski definition) is 1. The molecule has 0 aromatic heterocycles. The predicted octanol–water partition coefficient (Wildman–Crippen LogP) is 6.15. The van der Waals surface area contributed by atoms with Crippen LogP contribution in [0.25, 0.3) is 0 Å². The summed E-state index contributed by atoms with van der Waals surface area (Å²) >= 11 is 0. The van der Waals surface area contributed by atoms with Crippen LogP contribution < -0.4 is 0 Å². The zero-order valence-electron chi connectivity index (χ0n) is 15.1. The molecule has 4 atom stereocenters. The van der Waals surface area contributed by atoms with E-state index in [0.717, 1.165) is 12.8 Å². The summed E-state index contributed by atoms with van der Waals surface area (Å²) in [6.45, 7) is 13.2. The van der Waals surface area contributed by atoms with Gasteiger partial charge < -0.3 is 4.74 Å². The summed E-state index contributed by atoms with van der Waals surface area (Å²) in [6.07, 6.45) is 7.13. The monoisotopic (exact) mass is 310 g/mol. The highest BCUT2D eigenvalue weighted by molar-refractivity contribution is 5.28. The van der Waals surface area contributed by atoms with E-state index < -0.39 is 0 Å². The maximum absolute atomic E-state index is 6.78. The van der Waals surface area contributed by atoms with Crippen LogP contribution in [-0.4, -0.2) is 5.60 Å². The normalized spacial score (nSPS) is 33.4. The molecule has 1 aliphatic heterocycles. The molecule has 0 amide bonds. The van der Waals surface area contributed by atoms with Gasteiger partial charge in [0.2, 0.25) is 0 Å². The van der Waals surface area contributed by atoms with Crippen molar-refractivity contribution < 1.29 is 4.74 Å². The van der Waals surface area contributed by atoms with E-state index in [1.807, 2.05) is 0 Å². The first-order valence-electron chi connectivity index (χ1n) is 8.94. The molecule has 1 aliphatic carbocycles. The summed E-state index contributed by atoms with van der Waals surface area (Å²) in [4.78, 5) is 0. The molecular formula is C22H30O. The molecule has 1 nitrogen and oxygen atoms in total. The smallest absolute Gasteiger partial charge is 0.0897 e. The number of allylic oxidation sites excluding steroid dienone is 1. The van der Waals surface area contributed by atoms with E-state index in [1.54, 1.807) is 0 Å². The van der Waals surface area contributed by atoms with Crippen LogP contribution in [0.4, 0.5) is 0 Å². The van der Waals surface area contributed by atoms with Gasteiger partial charge in [0, 0.05) is 5.92 Å². The number of hydrogen-bond donors (Lipinski definition) is 0. The Kier molecular flexibility index (Phi) is 4.51. The summed E-state index contributed by atoms with van der Waals surface area (Å²) in [7, 11) is 0. The molecule has 1 saturated carbocycles. The quantitative estimate of drug-likeness (QED) is 0.608. The molecule has 124 valence electrons. The van der Waals surface area contributed by atoms with Gasteiger partial charge in [0.15, 0.2) is 0 Å². The van der Waals surface area contributed by atoms with Gasteiger partial charge in [-0.15, -0.1) is 0 Å². The zero-order chi connectivity index (χ0) is 16.6. The zero-order valence-corrected chi connectivity index (χ0v) is 15.1. The van der Waals surface area contributed by atoms with Crippen molar-refractivity contribution in [3.05, 3.63) is 59.2 Å². The Hall–Kier alpha value is -1.34. The van der Waals surface area contributed by atoms with Crippen molar-refractivity contribution >= 4 is 0 Å². The molecule has 1 saturated heterocycles. The summed E-state index contributed by atoms with van der Waals surface area (Å²) < 4.78 is 6.78. The van der Waals surface area contributed by atoms with E-state index in [2.05, 4.69) is 64.6 Å². The molecule has 3 rings (SSSR count). The molecule has 2 bridgehead atoms. The third-order valence-corrected chi connectivity index (χ3v) is 5.82. The molecule has 1 heteroatoms. The molecule has 2 fully saturated rings. The number of fused-ring (bicyclic) bond motifs is 2. The van der Waals surface area contributed by atoms with E-state index >= 15 is 0 Å². The van der Waals surface area contributed by atoms with Crippen molar-refractivity contribution in [2.45, 2.75) is 65.1 Å². The van der Waals surface area contributed by atoms with E-state index in [1.165, 1.54) is 35.1 Å². The molecule has 23 heavy (non-hydrogen) atoms. The Morgan fingerprint density at radius 3 is 2.65 bits per heavy atom. The lowest BCUT2D eigenvalue weighted by molar-refractivity contribution is -0.181. The number of aryl methyl sites for hydroxylation is 1. The van der Waals surface area contributed by atoms with Crippen LogP contribution in [0.3, 0.4) is 0 Å². The maximum atomic E-state index is 6.78. The fraction of sp³-hybridized carbons (Fsp3) is 0.545. The van der Waals surface area contributed by atoms with Crippen LogP contribution in [0.5, 0.6) is 0 Å². The SMILES string of the molecule is C=C1CC[C@@H]2C[C@H]1[C@H](c1ccc(C)cc1)O[C@@]2(C)CC=C(C)C. The molecule has 2 aliphatic rings. The Bertz CT molecular complexity index is 605. The number of benzene rings is 1. The van der Waals surface area contributed by atoms with Gasteiger partial charge in [-0.1, -0.05) is 53.6 Å². The van der Waals surface area contributed by atoms with Gasteiger partial charge in [0.25, 0.3) is 0 Å². The minimum Gasteiger partial charge on any atom is -0.366 e. The third kappa shape index (κ3) is 3.30. The molecule has 1 heterocycles. The third-order valence-electron chi connectivity index (χ3n) is 5.82. The molecular weight excluding hydrogens is 280 g/mol. The second-order valence-corrected chi connectivity index (χ2v) is 7.98. The predicted molar refractivity (Wildman–Crippen MR) is 97.4 cm³/mol. The van der Waals surface area contributed by atoms with Crippen LogP contribution in [0.1, 0.15) is 63.7 Å². The van der Waals surface area contributed by atoms with Crippen molar-refractivity contribution in [1.29, 1.82) is 0 Å². The van der Waals surface area contributed by atoms with Gasteiger partial charge in [-0.2, -0.15) is 0 Å². The lowest BCUT2D eigenvalue weighted by atomic mass is 9.65. The van der Waals surface area contributed by atoms with Crippen molar-refractivity contribution in [2.75, 3.05) is 0 Å². The van der Waals surface area contributed by atoms with Crippen LogP contribution in [0.15, 0.2) is 48.1 Å². The Morgan fingerprint density at radius 1 is 1.30 bits per heavy atom. The average Bonchev–Trinajstić information content (AvgIpc) is 2.52. The highest BCUT2D eigenvalue weighted by Gasteiger charge is 2.48. The Labute approximate surface area is 141 Å². The Morgan fingerprint density at radius 2 is 2.00 bits per heavy atom. The van der Waals surface area contributed by atoms with Crippen LogP contribution in [-0.2, 0) is 4.74 Å². The van der Waals surface area contributed by atoms with E-state index in [0.29, 0.717) is 11.8 Å². The molecule has 1 aromatic carbocycles. The fourth-order valence-corrected chi connectivity index (χ4v) is 4.17. The highest BCUT2D eigenvalue weighted by Crippen LogP contribution is 2.53. The standard InChI is InChI=1S/C22H30O/c1-15(2)12-13-22(5)19-11-8-17(4)20(14-19)21(23-22)18-9-6-16(3)7-10-18/h6-7,9-10,12,19-21H,4,8,11,13-14H2,1-3,5H3/t19-,20-,21+,22+/m1/s1. The second-order valence-electron chi connectivity index (χ2n) is 7.98. The van der Waals surface area contributed by atoms with Gasteiger partial charge in [-0.25, -0.2) is 0 Å². The first-order chi connectivity index (χ1) is 10.9. The van der Waals surface area contributed by atoms with E-state index in [9.17, 15) is 0 Å². The molecule has 0 unspecified atom stereocenters. The van der Waals surface area contributed by atoms with Crippen LogP contribution in [0.2, 0.25) is 0 Å². The van der Waals surface area contributed by atoms with E-state index in [4.69, 9.17) is 4.74 Å². The lowest BCUT2D eigenvalue weighted by Gasteiger charge is -2.52. The van der Waals surface area contributed by atoms with Crippen molar-refractivity contribution in [3.8, 4) is 0 Å². The topological polar surface area (TPSA) is 9.23 Å². The molecule has 0 N–H and O–H groups in total. The number of ether oxygens (including phenoxy) is 1. The number of rotatable bonds is 3. The molecule has 0 radical (unpaired) electrons. The molecule has 1 aromatic rings. The van der Waals surface area contributed by atoms with Crippen LogP contribution >= 0.6 is 0 Å². The minimum atomic E-state index is -0.0516. The van der Waals surface area contributed by atoms with Crippen molar-refractivity contribution in [2.24, 2.45) is 11.8 Å². The van der Waals surface area contributed by atoms with Gasteiger partial charge in [0.05, 0.1) is 11.7 Å². The first kappa shape index (κ1) is 16.5. The minimum absolute atomic E-state index is 0.0516. The summed E-state index contributed by atoms with van der Waals surface area (Å²) in [5.74, 6) is 1.13. The summed E-state index contributed by atoms with van der Waals surface area (Å²) in [6, 6.07) is 8.88. The largest absolute Gasteiger partial charge is 0.366 e. The second kappa shape index (κ2) is 6.28. The summed E-state index contributed by atoms with van der Waals surface area (Å²) in [5.41, 5.74) is 5.33. The lowest BCUT2D eigenvalue weighted by Crippen LogP contribution is -2.48. The summed E-state index contributed by atoms with van der Waals surface area (Å²) in [5, 5.41) is 0. The highest BCUT2D eigenvalue weighted by atomic mass is 16.5. The van der Waals surface area contributed by atoms with Gasteiger partial charge in [0.1, 0.15) is 0 Å².